The molecular weight excluding hydrogens is 287 g/mol. The first-order valence-corrected chi connectivity index (χ1v) is 5.90. The molecule has 0 aliphatic heterocycles. The highest BCUT2D eigenvalue weighted by Crippen LogP contribution is 2.26. The Kier molecular flexibility index (Phi) is 3.67. The van der Waals surface area contributed by atoms with Crippen LogP contribution in [0.3, 0.4) is 0 Å². The third-order valence-corrected chi connectivity index (χ3v) is 2.86. The van der Waals surface area contributed by atoms with E-state index in [1.54, 1.807) is 14.0 Å². The van der Waals surface area contributed by atoms with E-state index in [0.29, 0.717) is 11.4 Å². The highest BCUT2D eigenvalue weighted by molar-refractivity contribution is 5.91. The number of nitrogens with zero attached hydrogens (tertiary/aromatic N) is 5. The van der Waals surface area contributed by atoms with Gasteiger partial charge in [0.1, 0.15) is 5.69 Å². The number of hydrogen-bond acceptors (Lipinski definition) is 4. The molecule has 0 bridgehead atoms. The quantitative estimate of drug-likeness (QED) is 0.850. The van der Waals surface area contributed by atoms with Crippen LogP contribution in [-0.2, 0) is 11.0 Å². The highest BCUT2D eigenvalue weighted by atomic mass is 19.4. The fraction of sp³-hybridized carbons (Fsp3) is 0.333. The fourth-order valence-corrected chi connectivity index (χ4v) is 1.67. The van der Waals surface area contributed by atoms with Crippen molar-refractivity contribution < 1.29 is 18.0 Å². The number of rotatable bonds is 2. The van der Waals surface area contributed by atoms with Gasteiger partial charge in [0, 0.05) is 14.0 Å². The third-order valence-electron chi connectivity index (χ3n) is 2.86. The lowest BCUT2D eigenvalue weighted by Gasteiger charge is -2.12. The van der Waals surface area contributed by atoms with E-state index in [-0.39, 0.29) is 11.6 Å². The summed E-state index contributed by atoms with van der Waals surface area (Å²) in [6.45, 7) is 3.09. The van der Waals surface area contributed by atoms with E-state index in [4.69, 9.17) is 0 Å². The molecule has 0 aliphatic rings. The van der Waals surface area contributed by atoms with Crippen LogP contribution in [0.15, 0.2) is 18.6 Å². The van der Waals surface area contributed by atoms with Crippen LogP contribution in [-0.4, -0.2) is 32.7 Å². The summed E-state index contributed by atoms with van der Waals surface area (Å²) < 4.78 is 38.5. The monoisotopic (exact) mass is 299 g/mol. The Balaban J connectivity index is 2.35. The number of anilines is 1. The second-order valence-corrected chi connectivity index (χ2v) is 4.38. The van der Waals surface area contributed by atoms with E-state index < -0.39 is 12.0 Å². The molecule has 0 aliphatic carbocycles. The molecule has 1 amide bonds. The maximum Gasteiger partial charge on any atom is 0.451 e. The molecule has 0 saturated heterocycles. The molecule has 6 nitrogen and oxygen atoms in total. The molecule has 2 rings (SSSR count). The summed E-state index contributed by atoms with van der Waals surface area (Å²) in [5, 5.41) is 4.14. The van der Waals surface area contributed by atoms with Gasteiger partial charge >= 0.3 is 6.18 Å². The van der Waals surface area contributed by atoms with Crippen molar-refractivity contribution in [1.29, 1.82) is 0 Å². The van der Waals surface area contributed by atoms with Crippen molar-refractivity contribution in [3.8, 4) is 5.69 Å². The largest absolute Gasteiger partial charge is 0.451 e. The fourth-order valence-electron chi connectivity index (χ4n) is 1.67. The van der Waals surface area contributed by atoms with Crippen molar-refractivity contribution >= 4 is 11.6 Å². The number of hydrogen-bond donors (Lipinski definition) is 0. The SMILES string of the molecule is CC(=O)N(C)c1cn(-c2cnc(C(F)(F)F)nc2)nc1C. The van der Waals surface area contributed by atoms with Gasteiger partial charge in [0.15, 0.2) is 0 Å². The smallest absolute Gasteiger partial charge is 0.313 e. The van der Waals surface area contributed by atoms with Crippen molar-refractivity contribution in [3.63, 3.8) is 0 Å². The minimum Gasteiger partial charge on any atom is -0.313 e. The third kappa shape index (κ3) is 3.01. The van der Waals surface area contributed by atoms with Crippen molar-refractivity contribution in [2.24, 2.45) is 0 Å². The zero-order chi connectivity index (χ0) is 15.8. The van der Waals surface area contributed by atoms with Gasteiger partial charge in [0.25, 0.3) is 0 Å². The Bertz CT molecular complexity index is 663. The molecule has 0 aromatic carbocycles. The summed E-state index contributed by atoms with van der Waals surface area (Å²) in [6, 6.07) is 0. The maximum absolute atomic E-state index is 12.4. The number of carbonyl (C=O) groups is 1. The van der Waals surface area contributed by atoms with E-state index in [1.807, 2.05) is 0 Å². The van der Waals surface area contributed by atoms with Crippen LogP contribution in [0, 0.1) is 6.92 Å². The summed E-state index contributed by atoms with van der Waals surface area (Å²) in [4.78, 5) is 19.3. The van der Waals surface area contributed by atoms with E-state index in [9.17, 15) is 18.0 Å². The molecule has 2 aromatic heterocycles. The minimum atomic E-state index is -4.58. The Hall–Kier alpha value is -2.45. The molecule has 2 aromatic rings. The number of carbonyl (C=O) groups excluding carboxylic acids is 1. The highest BCUT2D eigenvalue weighted by Gasteiger charge is 2.34. The van der Waals surface area contributed by atoms with Crippen molar-refractivity contribution in [1.82, 2.24) is 19.7 Å². The Morgan fingerprint density at radius 3 is 2.33 bits per heavy atom. The second kappa shape index (κ2) is 5.15. The topological polar surface area (TPSA) is 63.9 Å². The normalized spacial score (nSPS) is 11.5. The van der Waals surface area contributed by atoms with Crippen LogP contribution >= 0.6 is 0 Å². The average Bonchev–Trinajstić information content (AvgIpc) is 2.79. The molecule has 0 fully saturated rings. The van der Waals surface area contributed by atoms with Crippen LogP contribution in [0.1, 0.15) is 18.4 Å². The van der Waals surface area contributed by atoms with Gasteiger partial charge in [-0.2, -0.15) is 18.3 Å². The van der Waals surface area contributed by atoms with E-state index >= 15 is 0 Å². The Labute approximate surface area is 118 Å². The predicted molar refractivity (Wildman–Crippen MR) is 68.0 cm³/mol. The first-order valence-electron chi connectivity index (χ1n) is 5.90. The molecule has 0 radical (unpaired) electrons. The standard InChI is InChI=1S/C12H12F3N5O/c1-7-10(19(3)8(2)21)6-20(18-7)9-4-16-11(17-5-9)12(13,14)15/h4-6H,1-3H3. The molecule has 112 valence electrons. The molecule has 0 atom stereocenters. The molecule has 9 heteroatoms. The lowest BCUT2D eigenvalue weighted by molar-refractivity contribution is -0.145. The molecule has 21 heavy (non-hydrogen) atoms. The maximum atomic E-state index is 12.4. The van der Waals surface area contributed by atoms with E-state index in [0.717, 1.165) is 12.4 Å². The number of alkyl halides is 3. The average molecular weight is 299 g/mol. The van der Waals surface area contributed by atoms with Crippen LogP contribution in [0.2, 0.25) is 0 Å². The number of amides is 1. The number of aromatic nitrogens is 4. The number of halogens is 3. The van der Waals surface area contributed by atoms with Gasteiger partial charge < -0.3 is 4.90 Å². The van der Waals surface area contributed by atoms with Gasteiger partial charge in [-0.25, -0.2) is 14.6 Å². The van der Waals surface area contributed by atoms with E-state index in [2.05, 4.69) is 15.1 Å². The van der Waals surface area contributed by atoms with Crippen LogP contribution in [0.5, 0.6) is 0 Å². The number of aryl methyl sites for hydroxylation is 1. The first kappa shape index (κ1) is 14.9. The summed E-state index contributed by atoms with van der Waals surface area (Å²) in [5.74, 6) is -1.39. The lowest BCUT2D eigenvalue weighted by atomic mass is 10.3. The lowest BCUT2D eigenvalue weighted by Crippen LogP contribution is -2.23. The summed E-state index contributed by atoms with van der Waals surface area (Å²) in [7, 11) is 1.58. The van der Waals surface area contributed by atoms with Crippen LogP contribution in [0.25, 0.3) is 5.69 Å². The second-order valence-electron chi connectivity index (χ2n) is 4.38. The van der Waals surface area contributed by atoms with Crippen LogP contribution in [0.4, 0.5) is 18.9 Å². The van der Waals surface area contributed by atoms with Gasteiger partial charge in [0.2, 0.25) is 11.7 Å². The van der Waals surface area contributed by atoms with Gasteiger partial charge in [-0.3, -0.25) is 4.79 Å². The van der Waals surface area contributed by atoms with E-state index in [1.165, 1.54) is 22.7 Å². The summed E-state index contributed by atoms with van der Waals surface area (Å²) >= 11 is 0. The predicted octanol–water partition coefficient (Wildman–Crippen LogP) is 1.97. The molecule has 0 unspecified atom stereocenters. The molecule has 0 N–H and O–H groups in total. The van der Waals surface area contributed by atoms with Gasteiger partial charge in [-0.05, 0) is 6.92 Å². The van der Waals surface area contributed by atoms with Crippen molar-refractivity contribution in [2.45, 2.75) is 20.0 Å². The van der Waals surface area contributed by atoms with Gasteiger partial charge in [-0.15, -0.1) is 0 Å². The molecular formula is C12H12F3N5O. The molecule has 0 saturated carbocycles. The zero-order valence-electron chi connectivity index (χ0n) is 11.5. The van der Waals surface area contributed by atoms with Gasteiger partial charge in [-0.1, -0.05) is 0 Å². The summed E-state index contributed by atoms with van der Waals surface area (Å²) in [5.41, 5.74) is 1.39. The van der Waals surface area contributed by atoms with Crippen molar-refractivity contribution in [2.75, 3.05) is 11.9 Å². The Morgan fingerprint density at radius 1 is 1.29 bits per heavy atom. The Morgan fingerprint density at radius 2 is 1.86 bits per heavy atom. The first-order chi connectivity index (χ1) is 9.70. The zero-order valence-corrected chi connectivity index (χ0v) is 11.5. The van der Waals surface area contributed by atoms with Crippen LogP contribution < -0.4 is 4.90 Å². The summed E-state index contributed by atoms with van der Waals surface area (Å²) in [6.07, 6.45) is -0.999. The van der Waals surface area contributed by atoms with Gasteiger partial charge in [0.05, 0.1) is 30.0 Å². The minimum absolute atomic E-state index is 0.179. The molecule has 2 heterocycles. The van der Waals surface area contributed by atoms with Crippen molar-refractivity contribution in [3.05, 3.63) is 30.1 Å². The molecule has 0 spiro atoms.